The first-order valence-electron chi connectivity index (χ1n) is 18.2. The molecule has 278 valence electrons. The normalized spacial score (nSPS) is 27.5. The van der Waals surface area contributed by atoms with Gasteiger partial charge in [0.05, 0.1) is 6.17 Å². The van der Waals surface area contributed by atoms with Crippen LogP contribution in [0.2, 0.25) is 0 Å². The number of fused-ring (bicyclic) bond motifs is 7. The van der Waals surface area contributed by atoms with Crippen molar-refractivity contribution >= 4 is 16.9 Å². The summed E-state index contributed by atoms with van der Waals surface area (Å²) >= 11 is 0. The number of allylic oxidation sites excluding steroid dienone is 8. The molecule has 5 unspecified atom stereocenters. The number of rotatable bonds is 6. The fourth-order valence-corrected chi connectivity index (χ4v) is 9.02. The van der Waals surface area contributed by atoms with Crippen LogP contribution in [0.5, 0.6) is 11.5 Å². The smallest absolute Gasteiger partial charge is 0.333 e. The molecule has 1 aromatic carbocycles. The Hall–Kier alpha value is -5.04. The van der Waals surface area contributed by atoms with E-state index < -0.39 is 35.6 Å². The lowest BCUT2D eigenvalue weighted by molar-refractivity contribution is -0.162. The number of esters is 1. The third kappa shape index (κ3) is 5.53. The predicted octanol–water partition coefficient (Wildman–Crippen LogP) is 3.82. The summed E-state index contributed by atoms with van der Waals surface area (Å²) in [5.74, 6) is -0.250. The SMILES string of the molecule is CC=C(C)C(=O)OC1Cc2c3c(c4oc(CO)cc(=O)c4c2O)CC2=CCNC(N)=C2C2=CC(CCOC)C4=C2C(CC2=CNC(N)C=C2C4)C1(C)O3. The summed E-state index contributed by atoms with van der Waals surface area (Å²) in [7, 11) is 1.70. The highest BCUT2D eigenvalue weighted by atomic mass is 16.6. The number of ether oxygens (including phenoxy) is 3. The highest BCUT2D eigenvalue weighted by Gasteiger charge is 2.56. The molecule has 5 atom stereocenters. The summed E-state index contributed by atoms with van der Waals surface area (Å²) in [6, 6.07) is 1.19. The summed E-state index contributed by atoms with van der Waals surface area (Å²) in [5, 5.41) is 28.6. The number of methoxy groups -OCH3 is 1. The van der Waals surface area contributed by atoms with Crippen LogP contribution in [0.3, 0.4) is 0 Å². The van der Waals surface area contributed by atoms with E-state index in [-0.39, 0.29) is 47.4 Å². The Morgan fingerprint density at radius 2 is 1.98 bits per heavy atom. The number of phenols is 1. The van der Waals surface area contributed by atoms with E-state index in [4.69, 9.17) is 30.1 Å². The number of phenolic OH excluding ortho intramolecular Hbond substituents is 1. The molecule has 8 N–H and O–H groups in total. The topological polar surface area (TPSA) is 192 Å². The van der Waals surface area contributed by atoms with E-state index >= 15 is 0 Å². The molecule has 4 aliphatic heterocycles. The van der Waals surface area contributed by atoms with E-state index in [9.17, 15) is 19.8 Å². The first-order valence-corrected chi connectivity index (χ1v) is 18.2. The minimum Gasteiger partial charge on any atom is -0.507 e. The number of nitrogens with one attached hydrogen (secondary N) is 2. The first-order chi connectivity index (χ1) is 25.5. The number of hydrogen-bond donors (Lipinski definition) is 6. The van der Waals surface area contributed by atoms with Crippen molar-refractivity contribution in [1.29, 1.82) is 0 Å². The third-order valence-electron chi connectivity index (χ3n) is 11.9. The van der Waals surface area contributed by atoms with Gasteiger partial charge in [0.15, 0.2) is 11.0 Å². The second kappa shape index (κ2) is 13.1. The molecule has 0 saturated heterocycles. The summed E-state index contributed by atoms with van der Waals surface area (Å²) in [6.07, 6.45) is 11.1. The van der Waals surface area contributed by atoms with E-state index in [0.29, 0.717) is 54.3 Å². The van der Waals surface area contributed by atoms with Crippen LogP contribution in [0.4, 0.5) is 0 Å². The standard InChI is InChI=1S/C41H46N4O8/c1-5-19(2)40(49)52-31-16-27-36(48)35-30(47)15-24(18-46)51-38(35)28-11-21-6-8-44-39(43)33(21)26-10-20(7-9-50-4)25-12-22-14-32(42)45-17-23(22)13-29(34(25)26)41(31,3)53-37(27)28/h5-6,10,14-15,17,20,29,31-32,44-46,48H,7-9,11-13,16,18,42-43H2,1-4H3. The molecule has 0 radical (unpaired) electrons. The van der Waals surface area contributed by atoms with Crippen LogP contribution in [-0.2, 0) is 33.7 Å². The van der Waals surface area contributed by atoms with Crippen LogP contribution in [0, 0.1) is 11.8 Å². The molecule has 1 aromatic heterocycles. The van der Waals surface area contributed by atoms with Gasteiger partial charge in [-0.15, -0.1) is 0 Å². The van der Waals surface area contributed by atoms with E-state index in [1.165, 1.54) is 11.6 Å². The van der Waals surface area contributed by atoms with Gasteiger partial charge < -0.3 is 50.9 Å². The molecule has 6 aliphatic rings. The molecular weight excluding hydrogens is 676 g/mol. The Bertz CT molecular complexity index is 2240. The molecule has 12 heteroatoms. The molecule has 0 fully saturated rings. The maximum absolute atomic E-state index is 13.7. The monoisotopic (exact) mass is 722 g/mol. The number of carbonyl (C=O) groups is 1. The van der Waals surface area contributed by atoms with E-state index in [2.05, 4.69) is 28.9 Å². The highest BCUT2D eigenvalue weighted by molar-refractivity contribution is 5.92. The van der Waals surface area contributed by atoms with Crippen molar-refractivity contribution in [2.75, 3.05) is 20.3 Å². The van der Waals surface area contributed by atoms with E-state index in [0.717, 1.165) is 39.9 Å². The lowest BCUT2D eigenvalue weighted by Gasteiger charge is -2.48. The zero-order valence-electron chi connectivity index (χ0n) is 30.4. The van der Waals surface area contributed by atoms with Crippen molar-refractivity contribution < 1.29 is 33.6 Å². The Morgan fingerprint density at radius 1 is 1.17 bits per heavy atom. The molecule has 53 heavy (non-hydrogen) atoms. The third-order valence-corrected chi connectivity index (χ3v) is 11.9. The lowest BCUT2D eigenvalue weighted by atomic mass is 9.69. The van der Waals surface area contributed by atoms with Gasteiger partial charge in [-0.2, -0.15) is 0 Å². The van der Waals surface area contributed by atoms with Crippen LogP contribution in [0.25, 0.3) is 11.0 Å². The zero-order valence-corrected chi connectivity index (χ0v) is 30.4. The molecular formula is C41H46N4O8. The Kier molecular flexibility index (Phi) is 8.67. The maximum atomic E-state index is 13.7. The van der Waals surface area contributed by atoms with Gasteiger partial charge in [-0.05, 0) is 74.0 Å². The number of aliphatic hydroxyl groups is 1. The van der Waals surface area contributed by atoms with Crippen molar-refractivity contribution in [3.8, 4) is 11.5 Å². The predicted molar refractivity (Wildman–Crippen MR) is 198 cm³/mol. The van der Waals surface area contributed by atoms with Gasteiger partial charge in [-0.1, -0.05) is 23.8 Å². The van der Waals surface area contributed by atoms with Crippen molar-refractivity contribution in [2.24, 2.45) is 23.3 Å². The van der Waals surface area contributed by atoms with E-state index in [1.54, 1.807) is 27.0 Å². The Balaban J connectivity index is 1.47. The average molecular weight is 723 g/mol. The van der Waals surface area contributed by atoms with Crippen molar-refractivity contribution in [2.45, 2.75) is 77.4 Å². The van der Waals surface area contributed by atoms with Gasteiger partial charge in [0.25, 0.3) is 0 Å². The number of carbonyl (C=O) groups excluding carboxylic acids is 1. The Labute approximate surface area is 307 Å². The quantitative estimate of drug-likeness (QED) is 0.187. The van der Waals surface area contributed by atoms with Gasteiger partial charge in [-0.25, -0.2) is 4.79 Å². The second-order valence-electron chi connectivity index (χ2n) is 14.9. The zero-order chi connectivity index (χ0) is 37.3. The molecule has 12 nitrogen and oxygen atoms in total. The van der Waals surface area contributed by atoms with Crippen LogP contribution in [-0.4, -0.2) is 54.3 Å². The number of aromatic hydroxyl groups is 1. The molecule has 0 spiro atoms. The fourth-order valence-electron chi connectivity index (χ4n) is 9.02. The molecule has 0 saturated carbocycles. The fraction of sp³-hybridized carbons (Fsp3) is 0.415. The van der Waals surface area contributed by atoms with Crippen molar-refractivity contribution in [3.63, 3.8) is 0 Å². The van der Waals surface area contributed by atoms with Gasteiger partial charge >= 0.3 is 5.97 Å². The van der Waals surface area contributed by atoms with Crippen LogP contribution >= 0.6 is 0 Å². The number of benzene rings is 1. The first kappa shape index (κ1) is 35.0. The van der Waals surface area contributed by atoms with Gasteiger partial charge in [0.1, 0.15) is 46.8 Å². The van der Waals surface area contributed by atoms with Crippen LogP contribution < -0.4 is 32.3 Å². The van der Waals surface area contributed by atoms with Gasteiger partial charge in [0.2, 0.25) is 0 Å². The summed E-state index contributed by atoms with van der Waals surface area (Å²) in [6.45, 7) is 5.97. The largest absolute Gasteiger partial charge is 0.507 e. The summed E-state index contributed by atoms with van der Waals surface area (Å²) in [5.41, 5.74) is 20.3. The summed E-state index contributed by atoms with van der Waals surface area (Å²) in [4.78, 5) is 27.3. The van der Waals surface area contributed by atoms with Crippen molar-refractivity contribution in [1.82, 2.24) is 10.6 Å². The minimum absolute atomic E-state index is 0.00412. The van der Waals surface area contributed by atoms with E-state index in [1.807, 2.05) is 13.1 Å². The molecule has 2 aromatic rings. The average Bonchev–Trinajstić information content (AvgIpc) is 3.37. The number of nitrogens with two attached hydrogens (primary N) is 2. The van der Waals surface area contributed by atoms with Gasteiger partial charge in [-0.3, -0.25) is 4.79 Å². The molecule has 2 aliphatic carbocycles. The molecule has 2 bridgehead atoms. The molecule has 8 rings (SSSR count). The number of aliphatic hydroxyl groups excluding tert-OH is 1. The summed E-state index contributed by atoms with van der Waals surface area (Å²) < 4.78 is 25.6. The van der Waals surface area contributed by atoms with Crippen LogP contribution in [0.15, 0.2) is 96.2 Å². The number of dihydropyridines is 2. The van der Waals surface area contributed by atoms with Crippen LogP contribution in [0.1, 0.15) is 56.9 Å². The lowest BCUT2D eigenvalue weighted by Crippen LogP contribution is -2.57. The highest BCUT2D eigenvalue weighted by Crippen LogP contribution is 2.58. The van der Waals surface area contributed by atoms with Gasteiger partial charge in [0, 0.05) is 79.5 Å². The molecule has 0 amide bonds. The second-order valence-corrected chi connectivity index (χ2v) is 14.9. The Morgan fingerprint density at radius 3 is 2.74 bits per heavy atom. The van der Waals surface area contributed by atoms with Crippen molar-refractivity contribution in [3.05, 3.63) is 114 Å². The molecule has 5 heterocycles. The minimum atomic E-state index is -1.22. The number of hydrogen-bond acceptors (Lipinski definition) is 12. The maximum Gasteiger partial charge on any atom is 0.333 e.